The first-order chi connectivity index (χ1) is 23.3. The lowest BCUT2D eigenvalue weighted by atomic mass is 9.95. The van der Waals surface area contributed by atoms with Crippen LogP contribution in [0.1, 0.15) is 22.9 Å². The number of nitrogens with one attached hydrogen (secondary N) is 1. The first kappa shape index (κ1) is 25.9. The Morgan fingerprint density at radius 1 is 0.553 bits per heavy atom. The Hall–Kier alpha value is -6.33. The van der Waals surface area contributed by atoms with Gasteiger partial charge in [0.2, 0.25) is 0 Å². The van der Waals surface area contributed by atoms with Crippen LogP contribution in [0.2, 0.25) is 0 Å². The standard InChI is InChI=1S/C42H26N4O/c1-2-8-27-22-29(13-12-25(27)6-1)40-44-41(46-42(45-40)36-10-5-11-37-39(36)35-20-21-43-24-38(35)47-37)30-16-17-32-28(23-30)15-19-33-31-9-4-3-7-26(31)14-18-34(32)33/h1-24,41H,(H,44,45,46). The Morgan fingerprint density at radius 3 is 2.23 bits per heavy atom. The van der Waals surface area contributed by atoms with Crippen molar-refractivity contribution in [3.8, 4) is 0 Å². The predicted molar refractivity (Wildman–Crippen MR) is 193 cm³/mol. The van der Waals surface area contributed by atoms with Crippen molar-refractivity contribution in [2.45, 2.75) is 6.17 Å². The molecule has 0 saturated carbocycles. The maximum atomic E-state index is 6.18. The summed E-state index contributed by atoms with van der Waals surface area (Å²) in [6.45, 7) is 0. The topological polar surface area (TPSA) is 62.8 Å². The summed E-state index contributed by atoms with van der Waals surface area (Å²) < 4.78 is 6.18. The van der Waals surface area contributed by atoms with Crippen LogP contribution in [-0.4, -0.2) is 16.7 Å². The van der Waals surface area contributed by atoms with Gasteiger partial charge in [-0.25, -0.2) is 9.98 Å². The largest absolute Gasteiger partial charge is 0.454 e. The van der Waals surface area contributed by atoms with Crippen molar-refractivity contribution in [3.05, 3.63) is 163 Å². The molecule has 1 N–H and O–H groups in total. The molecule has 220 valence electrons. The quantitative estimate of drug-likeness (QED) is 0.205. The normalized spacial score (nSPS) is 15.0. The van der Waals surface area contributed by atoms with E-state index in [0.717, 1.165) is 49.9 Å². The molecule has 0 radical (unpaired) electrons. The molecule has 5 nitrogen and oxygen atoms in total. The van der Waals surface area contributed by atoms with Gasteiger partial charge in [-0.1, -0.05) is 109 Å². The summed E-state index contributed by atoms with van der Waals surface area (Å²) in [7, 11) is 0. The Labute approximate surface area is 269 Å². The molecule has 1 aliphatic heterocycles. The SMILES string of the molecule is c1ccc2cc(C3=NC(c4cccc5oc6cnccc6c45)=NC(c4ccc5c(ccc6c7ccccc7ccc56)c4)N3)ccc2c1. The van der Waals surface area contributed by atoms with E-state index in [0.29, 0.717) is 5.84 Å². The zero-order valence-electron chi connectivity index (χ0n) is 25.2. The van der Waals surface area contributed by atoms with E-state index in [1.165, 1.54) is 37.7 Å². The van der Waals surface area contributed by atoms with E-state index in [1.807, 2.05) is 18.2 Å². The number of nitrogens with zero attached hydrogens (tertiary/aromatic N) is 3. The minimum Gasteiger partial charge on any atom is -0.454 e. The lowest BCUT2D eigenvalue weighted by Crippen LogP contribution is -2.33. The highest BCUT2D eigenvalue weighted by Crippen LogP contribution is 2.35. The number of benzene rings is 7. The summed E-state index contributed by atoms with van der Waals surface area (Å²) in [5.74, 6) is 1.44. The van der Waals surface area contributed by atoms with Crippen LogP contribution in [0.15, 0.2) is 160 Å². The lowest BCUT2D eigenvalue weighted by Gasteiger charge is -2.24. The van der Waals surface area contributed by atoms with Crippen LogP contribution in [-0.2, 0) is 0 Å². The van der Waals surface area contributed by atoms with Gasteiger partial charge < -0.3 is 9.73 Å². The third-order valence-corrected chi connectivity index (χ3v) is 9.39. The first-order valence-electron chi connectivity index (χ1n) is 15.8. The van der Waals surface area contributed by atoms with Crippen molar-refractivity contribution < 1.29 is 4.42 Å². The molecular formula is C42H26N4O. The van der Waals surface area contributed by atoms with E-state index in [4.69, 9.17) is 14.4 Å². The highest BCUT2D eigenvalue weighted by atomic mass is 16.3. The minimum atomic E-state index is -0.351. The van der Waals surface area contributed by atoms with Crippen LogP contribution in [0.25, 0.3) is 65.0 Å². The monoisotopic (exact) mass is 602 g/mol. The third kappa shape index (κ3) is 4.14. The molecule has 10 rings (SSSR count). The molecule has 0 saturated heterocycles. The Balaban J connectivity index is 1.15. The fourth-order valence-electron chi connectivity index (χ4n) is 7.11. The molecule has 0 fully saturated rings. The van der Waals surface area contributed by atoms with E-state index in [9.17, 15) is 0 Å². The van der Waals surface area contributed by atoms with Crippen LogP contribution in [0, 0.1) is 0 Å². The molecule has 1 aliphatic rings. The molecule has 0 amide bonds. The molecule has 0 bridgehead atoms. The molecule has 0 spiro atoms. The van der Waals surface area contributed by atoms with Crippen molar-refractivity contribution in [2.75, 3.05) is 0 Å². The van der Waals surface area contributed by atoms with Crippen LogP contribution < -0.4 is 5.32 Å². The Bertz CT molecular complexity index is 2790. The lowest BCUT2D eigenvalue weighted by molar-refractivity contribution is 0.666. The van der Waals surface area contributed by atoms with Crippen LogP contribution in [0.3, 0.4) is 0 Å². The molecule has 7 aromatic carbocycles. The van der Waals surface area contributed by atoms with Gasteiger partial charge in [0.15, 0.2) is 11.4 Å². The van der Waals surface area contributed by atoms with E-state index >= 15 is 0 Å². The van der Waals surface area contributed by atoms with E-state index in [1.54, 1.807) is 12.4 Å². The number of rotatable bonds is 3. The number of hydrogen-bond donors (Lipinski definition) is 1. The van der Waals surface area contributed by atoms with Crippen LogP contribution in [0.5, 0.6) is 0 Å². The van der Waals surface area contributed by atoms with Crippen molar-refractivity contribution in [1.29, 1.82) is 0 Å². The maximum Gasteiger partial charge on any atom is 0.160 e. The van der Waals surface area contributed by atoms with Gasteiger partial charge in [-0.2, -0.15) is 0 Å². The number of pyridine rings is 1. The fraction of sp³-hybridized carbons (Fsp3) is 0.0238. The highest BCUT2D eigenvalue weighted by Gasteiger charge is 2.24. The molecule has 1 unspecified atom stereocenters. The average Bonchev–Trinajstić information content (AvgIpc) is 3.53. The van der Waals surface area contributed by atoms with Gasteiger partial charge in [-0.3, -0.25) is 4.98 Å². The number of fused-ring (bicyclic) bond motifs is 9. The van der Waals surface area contributed by atoms with Gasteiger partial charge >= 0.3 is 0 Å². The van der Waals surface area contributed by atoms with Crippen molar-refractivity contribution in [1.82, 2.24) is 10.3 Å². The molecule has 3 heterocycles. The summed E-state index contributed by atoms with van der Waals surface area (Å²) in [4.78, 5) is 14.7. The first-order valence-corrected chi connectivity index (χ1v) is 15.8. The molecule has 0 aliphatic carbocycles. The molecule has 9 aromatic rings. The molecule has 5 heteroatoms. The van der Waals surface area contributed by atoms with Gasteiger partial charge in [0.25, 0.3) is 0 Å². The molecule has 2 aromatic heterocycles. The van der Waals surface area contributed by atoms with E-state index < -0.39 is 0 Å². The molecule has 47 heavy (non-hydrogen) atoms. The minimum absolute atomic E-state index is 0.351. The van der Waals surface area contributed by atoms with E-state index in [2.05, 4.69) is 126 Å². The van der Waals surface area contributed by atoms with Crippen molar-refractivity contribution in [3.63, 3.8) is 0 Å². The summed E-state index contributed by atoms with van der Waals surface area (Å²) in [5.41, 5.74) is 4.53. The molecule has 1 atom stereocenters. The van der Waals surface area contributed by atoms with Gasteiger partial charge in [0, 0.05) is 28.1 Å². The summed E-state index contributed by atoms with van der Waals surface area (Å²) in [5, 5.41) is 15.5. The van der Waals surface area contributed by atoms with Crippen LogP contribution in [0.4, 0.5) is 0 Å². The second-order valence-electron chi connectivity index (χ2n) is 12.1. The Morgan fingerprint density at radius 2 is 1.32 bits per heavy atom. The maximum absolute atomic E-state index is 6.18. The summed E-state index contributed by atoms with van der Waals surface area (Å²) in [6, 6.07) is 47.1. The smallest absolute Gasteiger partial charge is 0.160 e. The number of aromatic nitrogens is 1. The van der Waals surface area contributed by atoms with Gasteiger partial charge in [0.05, 0.1) is 6.20 Å². The van der Waals surface area contributed by atoms with Crippen molar-refractivity contribution in [2.24, 2.45) is 9.98 Å². The number of furan rings is 1. The fourth-order valence-corrected chi connectivity index (χ4v) is 7.11. The highest BCUT2D eigenvalue weighted by molar-refractivity contribution is 6.22. The Kier molecular flexibility index (Phi) is 5.57. The van der Waals surface area contributed by atoms with Crippen molar-refractivity contribution >= 4 is 76.7 Å². The zero-order valence-corrected chi connectivity index (χ0v) is 25.2. The summed E-state index contributed by atoms with van der Waals surface area (Å²) in [6.07, 6.45) is 3.21. The van der Waals surface area contributed by atoms with Gasteiger partial charge in [-0.15, -0.1) is 0 Å². The van der Waals surface area contributed by atoms with Gasteiger partial charge in [-0.05, 0) is 72.9 Å². The average molecular weight is 603 g/mol. The van der Waals surface area contributed by atoms with Gasteiger partial charge in [0.1, 0.15) is 17.6 Å². The number of hydrogen-bond acceptors (Lipinski definition) is 5. The third-order valence-electron chi connectivity index (χ3n) is 9.39. The van der Waals surface area contributed by atoms with E-state index in [-0.39, 0.29) is 6.17 Å². The molecular weight excluding hydrogens is 576 g/mol. The number of aliphatic imine (C=N–C) groups is 2. The predicted octanol–water partition coefficient (Wildman–Crippen LogP) is 10.1. The second kappa shape index (κ2) is 10.1. The zero-order chi connectivity index (χ0) is 30.9. The van der Waals surface area contributed by atoms with Crippen LogP contribution >= 0.6 is 0 Å². The summed E-state index contributed by atoms with van der Waals surface area (Å²) >= 11 is 0. The second-order valence-corrected chi connectivity index (χ2v) is 12.1. The number of amidine groups is 2.